The van der Waals surface area contributed by atoms with Crippen molar-refractivity contribution in [3.63, 3.8) is 0 Å². The zero-order chi connectivity index (χ0) is 21.5. The number of anilines is 1. The Hall–Kier alpha value is -2.60. The van der Waals surface area contributed by atoms with Crippen molar-refractivity contribution in [1.82, 2.24) is 5.32 Å². The Morgan fingerprint density at radius 1 is 1.27 bits per heavy atom. The standard InChI is InChI=1S/C24H26FN3OS/c1-5-28-20-11-6-16(12-19(20)15(2)14-24(28,3)4)13-21-22(29)27-23(30-21)26-18-9-7-17(25)8-10-18/h6-13,15H,5,14H2,1-4H3,(H,26,27,29)/b21-13+. The van der Waals surface area contributed by atoms with Crippen molar-refractivity contribution in [3.8, 4) is 0 Å². The highest BCUT2D eigenvalue weighted by Gasteiger charge is 2.35. The van der Waals surface area contributed by atoms with Crippen LogP contribution in [0, 0.1) is 5.82 Å². The average molecular weight is 424 g/mol. The Kier molecular flexibility index (Phi) is 5.45. The number of nitrogens with one attached hydrogen (secondary N) is 1. The highest BCUT2D eigenvalue weighted by Crippen LogP contribution is 2.43. The number of fused-ring (bicyclic) bond motifs is 1. The number of rotatable bonds is 3. The third kappa shape index (κ3) is 4.01. The van der Waals surface area contributed by atoms with E-state index in [1.165, 1.54) is 35.1 Å². The molecule has 0 spiro atoms. The maximum Gasteiger partial charge on any atom is 0.264 e. The molecule has 30 heavy (non-hydrogen) atoms. The van der Waals surface area contributed by atoms with Crippen molar-refractivity contribution in [1.29, 1.82) is 0 Å². The molecule has 0 aliphatic carbocycles. The Balaban J connectivity index is 1.60. The second-order valence-corrected chi connectivity index (χ2v) is 9.47. The van der Waals surface area contributed by atoms with Crippen LogP contribution in [0.3, 0.4) is 0 Å². The molecule has 2 heterocycles. The van der Waals surface area contributed by atoms with E-state index in [-0.39, 0.29) is 17.3 Å². The lowest BCUT2D eigenvalue weighted by Gasteiger charge is -2.47. The Morgan fingerprint density at radius 2 is 2.00 bits per heavy atom. The van der Waals surface area contributed by atoms with Gasteiger partial charge in [-0.25, -0.2) is 9.38 Å². The van der Waals surface area contributed by atoms with Crippen molar-refractivity contribution < 1.29 is 9.18 Å². The van der Waals surface area contributed by atoms with Crippen LogP contribution in [-0.2, 0) is 4.79 Å². The lowest BCUT2D eigenvalue weighted by molar-refractivity contribution is -0.115. The van der Waals surface area contributed by atoms with Crippen LogP contribution < -0.4 is 10.2 Å². The van der Waals surface area contributed by atoms with Gasteiger partial charge in [-0.15, -0.1) is 0 Å². The van der Waals surface area contributed by atoms with Crippen molar-refractivity contribution in [2.24, 2.45) is 4.99 Å². The molecule has 2 aliphatic heterocycles. The summed E-state index contributed by atoms with van der Waals surface area (Å²) in [6.45, 7) is 10.0. The van der Waals surface area contributed by atoms with Crippen molar-refractivity contribution in [2.45, 2.75) is 45.6 Å². The molecule has 0 aromatic heterocycles. The van der Waals surface area contributed by atoms with E-state index in [0.29, 0.717) is 21.7 Å². The van der Waals surface area contributed by atoms with Crippen molar-refractivity contribution in [3.05, 3.63) is 64.3 Å². The molecule has 2 aromatic rings. The largest absolute Gasteiger partial charge is 0.366 e. The van der Waals surface area contributed by atoms with Gasteiger partial charge in [-0.05, 0) is 98.5 Å². The number of benzene rings is 2. The van der Waals surface area contributed by atoms with Crippen LogP contribution in [0.25, 0.3) is 6.08 Å². The van der Waals surface area contributed by atoms with Crippen LogP contribution >= 0.6 is 11.8 Å². The number of thioether (sulfide) groups is 1. The number of amides is 1. The van der Waals surface area contributed by atoms with E-state index in [4.69, 9.17) is 0 Å². The van der Waals surface area contributed by atoms with Crippen LogP contribution in [0.5, 0.6) is 0 Å². The van der Waals surface area contributed by atoms with Gasteiger partial charge in [-0.3, -0.25) is 4.79 Å². The second kappa shape index (κ2) is 7.91. The smallest absolute Gasteiger partial charge is 0.264 e. The zero-order valence-corrected chi connectivity index (χ0v) is 18.5. The predicted molar refractivity (Wildman–Crippen MR) is 124 cm³/mol. The Labute approximate surface area is 181 Å². The lowest BCUT2D eigenvalue weighted by atomic mass is 9.79. The minimum Gasteiger partial charge on any atom is -0.366 e. The number of hydrogen-bond acceptors (Lipinski definition) is 4. The number of hydrogen-bond donors (Lipinski definition) is 1. The van der Waals surface area contributed by atoms with Crippen LogP contribution in [0.15, 0.2) is 52.4 Å². The molecule has 1 fully saturated rings. The first-order valence-electron chi connectivity index (χ1n) is 10.2. The maximum atomic E-state index is 13.1. The fourth-order valence-electron chi connectivity index (χ4n) is 4.46. The van der Waals surface area contributed by atoms with E-state index in [1.54, 1.807) is 12.1 Å². The third-order valence-electron chi connectivity index (χ3n) is 5.73. The zero-order valence-electron chi connectivity index (χ0n) is 17.7. The first-order chi connectivity index (χ1) is 14.3. The van der Waals surface area contributed by atoms with E-state index in [0.717, 1.165) is 18.5 Å². The highest BCUT2D eigenvalue weighted by atomic mass is 32.2. The van der Waals surface area contributed by atoms with Gasteiger partial charge < -0.3 is 10.2 Å². The van der Waals surface area contributed by atoms with E-state index in [9.17, 15) is 9.18 Å². The highest BCUT2D eigenvalue weighted by molar-refractivity contribution is 8.18. The molecule has 4 rings (SSSR count). The van der Waals surface area contributed by atoms with Gasteiger partial charge in [-0.2, -0.15) is 0 Å². The molecule has 6 heteroatoms. The fourth-order valence-corrected chi connectivity index (χ4v) is 5.30. The minimum absolute atomic E-state index is 0.133. The summed E-state index contributed by atoms with van der Waals surface area (Å²) in [5.41, 5.74) is 4.36. The minimum atomic E-state index is -0.311. The Bertz CT molecular complexity index is 1040. The van der Waals surface area contributed by atoms with Gasteiger partial charge in [-0.1, -0.05) is 13.0 Å². The Morgan fingerprint density at radius 3 is 2.70 bits per heavy atom. The van der Waals surface area contributed by atoms with Gasteiger partial charge >= 0.3 is 0 Å². The molecule has 0 saturated carbocycles. The summed E-state index contributed by atoms with van der Waals surface area (Å²) in [4.78, 5) is 19.9. The van der Waals surface area contributed by atoms with Gasteiger partial charge in [0.05, 0.1) is 10.6 Å². The normalized spacial score (nSPS) is 23.0. The molecule has 0 radical (unpaired) electrons. The van der Waals surface area contributed by atoms with Crippen LogP contribution in [0.1, 0.15) is 51.2 Å². The molecular formula is C24H26FN3OS. The van der Waals surface area contributed by atoms with Crippen molar-refractivity contribution >= 4 is 40.3 Å². The summed E-state index contributed by atoms with van der Waals surface area (Å²) in [7, 11) is 0. The number of carbonyl (C=O) groups excluding carboxylic acids is 1. The molecule has 0 bridgehead atoms. The van der Waals surface area contributed by atoms with Gasteiger partial charge in [0.15, 0.2) is 5.17 Å². The maximum absolute atomic E-state index is 13.1. The van der Waals surface area contributed by atoms with Crippen LogP contribution in [-0.4, -0.2) is 23.2 Å². The molecule has 1 amide bonds. The van der Waals surface area contributed by atoms with E-state index >= 15 is 0 Å². The first-order valence-corrected chi connectivity index (χ1v) is 11.1. The summed E-state index contributed by atoms with van der Waals surface area (Å²) < 4.78 is 13.1. The summed E-state index contributed by atoms with van der Waals surface area (Å²) in [6, 6.07) is 12.3. The van der Waals surface area contributed by atoms with Gasteiger partial charge in [0.25, 0.3) is 5.91 Å². The predicted octanol–water partition coefficient (Wildman–Crippen LogP) is 5.83. The monoisotopic (exact) mass is 423 g/mol. The molecule has 1 N–H and O–H groups in total. The number of nitrogens with zero attached hydrogens (tertiary/aromatic N) is 2. The summed E-state index contributed by atoms with van der Waals surface area (Å²) in [5.74, 6) is -0.0194. The molecule has 1 atom stereocenters. The lowest BCUT2D eigenvalue weighted by Crippen LogP contribution is -2.48. The van der Waals surface area contributed by atoms with Gasteiger partial charge in [0.2, 0.25) is 0 Å². The topological polar surface area (TPSA) is 44.7 Å². The first kappa shape index (κ1) is 20.7. The van der Waals surface area contributed by atoms with E-state index < -0.39 is 0 Å². The second-order valence-electron chi connectivity index (χ2n) is 8.44. The number of halogens is 1. The van der Waals surface area contributed by atoms with Crippen LogP contribution in [0.2, 0.25) is 0 Å². The van der Waals surface area contributed by atoms with Crippen LogP contribution in [0.4, 0.5) is 15.8 Å². The summed E-state index contributed by atoms with van der Waals surface area (Å²) in [5, 5.41) is 3.29. The summed E-state index contributed by atoms with van der Waals surface area (Å²) in [6.07, 6.45) is 3.01. The quantitative estimate of drug-likeness (QED) is 0.632. The molecular weight excluding hydrogens is 397 g/mol. The molecule has 2 aliphatic rings. The molecule has 2 aromatic carbocycles. The fraction of sp³-hybridized carbons (Fsp3) is 0.333. The van der Waals surface area contributed by atoms with Crippen molar-refractivity contribution in [2.75, 3.05) is 11.4 Å². The van der Waals surface area contributed by atoms with E-state index in [1.807, 2.05) is 6.08 Å². The van der Waals surface area contributed by atoms with Gasteiger partial charge in [0.1, 0.15) is 5.82 Å². The SMILES string of the molecule is CCN1c2ccc(/C=C3/SC(=Nc4ccc(F)cc4)NC3=O)cc2C(C)CC1(C)C. The number of aliphatic imine (C=N–C) groups is 1. The average Bonchev–Trinajstić information content (AvgIpc) is 3.02. The summed E-state index contributed by atoms with van der Waals surface area (Å²) >= 11 is 1.30. The van der Waals surface area contributed by atoms with E-state index in [2.05, 4.69) is 61.1 Å². The molecule has 1 unspecified atom stereocenters. The third-order valence-corrected chi connectivity index (χ3v) is 6.64. The molecule has 4 nitrogen and oxygen atoms in total. The molecule has 1 saturated heterocycles. The van der Waals surface area contributed by atoms with Gasteiger partial charge in [0, 0.05) is 17.8 Å². The number of amidine groups is 1. The number of carbonyl (C=O) groups is 1. The molecule has 156 valence electrons.